The number of methoxy groups -OCH3 is 1. The van der Waals surface area contributed by atoms with E-state index < -0.39 is 0 Å². The van der Waals surface area contributed by atoms with Crippen LogP contribution in [0, 0.1) is 0 Å². The number of nitrogens with one attached hydrogen (secondary N) is 1. The summed E-state index contributed by atoms with van der Waals surface area (Å²) >= 11 is 0. The average molecular weight is 272 g/mol. The molecule has 1 heterocycles. The van der Waals surface area contributed by atoms with Crippen LogP contribution in [0.25, 0.3) is 5.69 Å². The molecule has 3 rings (SSSR count). The maximum atomic E-state index is 5.57. The van der Waals surface area contributed by atoms with Gasteiger partial charge in [-0.15, -0.1) is 0 Å². The van der Waals surface area contributed by atoms with Crippen molar-refractivity contribution in [1.82, 2.24) is 14.8 Å². The van der Waals surface area contributed by atoms with Crippen LogP contribution in [0.1, 0.15) is 25.7 Å². The molecule has 1 aromatic carbocycles. The lowest BCUT2D eigenvalue weighted by atomic mass is 9.92. The lowest BCUT2D eigenvalue weighted by Crippen LogP contribution is -2.37. The maximum Gasteiger partial charge on any atom is 0.138 e. The van der Waals surface area contributed by atoms with E-state index in [-0.39, 0.29) is 0 Å². The maximum absolute atomic E-state index is 5.57. The smallest absolute Gasteiger partial charge is 0.138 e. The van der Waals surface area contributed by atoms with Crippen molar-refractivity contribution in [3.05, 3.63) is 36.9 Å². The minimum atomic E-state index is 0.318. The van der Waals surface area contributed by atoms with E-state index in [1.165, 1.54) is 25.6 Å². The molecule has 0 aliphatic heterocycles. The van der Waals surface area contributed by atoms with Gasteiger partial charge in [-0.2, -0.15) is 5.10 Å². The van der Waals surface area contributed by atoms with Gasteiger partial charge in [0.1, 0.15) is 12.7 Å². The van der Waals surface area contributed by atoms with Gasteiger partial charge in [-0.25, -0.2) is 9.67 Å². The Kier molecular flexibility index (Phi) is 3.97. The SMILES string of the molecule is COC1CCCCC1Nc1ccc(-n2cncn2)cc1. The van der Waals surface area contributed by atoms with E-state index in [0.717, 1.165) is 17.8 Å². The van der Waals surface area contributed by atoms with Crippen molar-refractivity contribution in [3.63, 3.8) is 0 Å². The molecule has 1 aromatic heterocycles. The van der Waals surface area contributed by atoms with Gasteiger partial charge < -0.3 is 10.1 Å². The molecule has 0 spiro atoms. The zero-order chi connectivity index (χ0) is 13.8. The summed E-state index contributed by atoms with van der Waals surface area (Å²) in [7, 11) is 1.80. The van der Waals surface area contributed by atoms with E-state index in [1.54, 1.807) is 18.1 Å². The first-order valence-electron chi connectivity index (χ1n) is 7.11. The van der Waals surface area contributed by atoms with Crippen LogP contribution in [0.15, 0.2) is 36.9 Å². The van der Waals surface area contributed by atoms with Crippen molar-refractivity contribution in [2.24, 2.45) is 0 Å². The van der Waals surface area contributed by atoms with Crippen molar-refractivity contribution in [2.75, 3.05) is 12.4 Å². The first kappa shape index (κ1) is 13.1. The number of hydrogen-bond acceptors (Lipinski definition) is 4. The summed E-state index contributed by atoms with van der Waals surface area (Å²) in [5.41, 5.74) is 2.14. The van der Waals surface area contributed by atoms with Crippen molar-refractivity contribution in [1.29, 1.82) is 0 Å². The van der Waals surface area contributed by atoms with Crippen LogP contribution in [0.5, 0.6) is 0 Å². The Morgan fingerprint density at radius 2 is 2.00 bits per heavy atom. The Labute approximate surface area is 119 Å². The van der Waals surface area contributed by atoms with Crippen LogP contribution < -0.4 is 5.32 Å². The second kappa shape index (κ2) is 6.05. The molecule has 0 radical (unpaired) electrons. The van der Waals surface area contributed by atoms with Gasteiger partial charge in [0.15, 0.2) is 0 Å². The summed E-state index contributed by atoms with van der Waals surface area (Å²) < 4.78 is 7.33. The molecule has 1 aliphatic carbocycles. The Hall–Kier alpha value is -1.88. The molecule has 5 nitrogen and oxygen atoms in total. The van der Waals surface area contributed by atoms with E-state index >= 15 is 0 Å². The van der Waals surface area contributed by atoms with Gasteiger partial charge in [0.2, 0.25) is 0 Å². The Morgan fingerprint density at radius 1 is 1.20 bits per heavy atom. The van der Waals surface area contributed by atoms with E-state index in [9.17, 15) is 0 Å². The van der Waals surface area contributed by atoms with Crippen molar-refractivity contribution < 1.29 is 4.74 Å². The minimum Gasteiger partial charge on any atom is -0.380 e. The predicted octanol–water partition coefficient (Wildman–Crippen LogP) is 2.64. The third-order valence-corrected chi connectivity index (χ3v) is 3.91. The molecule has 1 saturated carbocycles. The lowest BCUT2D eigenvalue weighted by molar-refractivity contribution is 0.0606. The number of nitrogens with zero attached hydrogens (tertiary/aromatic N) is 3. The Morgan fingerprint density at radius 3 is 2.70 bits per heavy atom. The monoisotopic (exact) mass is 272 g/mol. The largest absolute Gasteiger partial charge is 0.380 e. The summed E-state index contributed by atoms with van der Waals surface area (Å²) in [5.74, 6) is 0. The second-order valence-corrected chi connectivity index (χ2v) is 5.20. The number of rotatable bonds is 4. The number of hydrogen-bond donors (Lipinski definition) is 1. The number of benzene rings is 1. The molecule has 2 unspecified atom stereocenters. The normalized spacial score (nSPS) is 22.6. The van der Waals surface area contributed by atoms with Gasteiger partial charge in [0.05, 0.1) is 17.8 Å². The van der Waals surface area contributed by atoms with Crippen LogP contribution in [0.3, 0.4) is 0 Å². The third kappa shape index (κ3) is 2.82. The molecule has 2 atom stereocenters. The quantitative estimate of drug-likeness (QED) is 0.929. The highest BCUT2D eigenvalue weighted by molar-refractivity contribution is 5.49. The molecule has 0 bridgehead atoms. The summed E-state index contributed by atoms with van der Waals surface area (Å²) in [6.45, 7) is 0. The number of anilines is 1. The van der Waals surface area contributed by atoms with Gasteiger partial charge in [-0.3, -0.25) is 0 Å². The topological polar surface area (TPSA) is 52.0 Å². The number of ether oxygens (including phenoxy) is 1. The van der Waals surface area contributed by atoms with E-state index in [1.807, 2.05) is 12.1 Å². The molecule has 1 N–H and O–H groups in total. The van der Waals surface area contributed by atoms with Crippen molar-refractivity contribution in [2.45, 2.75) is 37.8 Å². The molecular weight excluding hydrogens is 252 g/mol. The summed E-state index contributed by atoms with van der Waals surface area (Å²) in [6, 6.07) is 8.66. The first-order chi connectivity index (χ1) is 9.86. The van der Waals surface area contributed by atoms with Gasteiger partial charge in [-0.05, 0) is 37.1 Å². The fraction of sp³-hybridized carbons (Fsp3) is 0.467. The highest BCUT2D eigenvalue weighted by Crippen LogP contribution is 2.24. The Bertz CT molecular complexity index is 523. The lowest BCUT2D eigenvalue weighted by Gasteiger charge is -2.31. The third-order valence-electron chi connectivity index (χ3n) is 3.91. The highest BCUT2D eigenvalue weighted by Gasteiger charge is 2.24. The van der Waals surface area contributed by atoms with Gasteiger partial charge in [0.25, 0.3) is 0 Å². The van der Waals surface area contributed by atoms with E-state index in [4.69, 9.17) is 4.74 Å². The molecule has 1 aliphatic rings. The molecule has 1 fully saturated rings. The fourth-order valence-electron chi connectivity index (χ4n) is 2.81. The minimum absolute atomic E-state index is 0.318. The van der Waals surface area contributed by atoms with Gasteiger partial charge >= 0.3 is 0 Å². The van der Waals surface area contributed by atoms with Crippen LogP contribution in [-0.2, 0) is 4.74 Å². The molecule has 5 heteroatoms. The Balaban J connectivity index is 1.68. The fourth-order valence-corrected chi connectivity index (χ4v) is 2.81. The van der Waals surface area contributed by atoms with Crippen LogP contribution in [-0.4, -0.2) is 34.0 Å². The molecule has 2 aromatic rings. The zero-order valence-corrected chi connectivity index (χ0v) is 11.7. The molecular formula is C15H20N4O. The van der Waals surface area contributed by atoms with Gasteiger partial charge in [-0.1, -0.05) is 12.8 Å². The first-order valence-corrected chi connectivity index (χ1v) is 7.11. The predicted molar refractivity (Wildman–Crippen MR) is 78.0 cm³/mol. The highest BCUT2D eigenvalue weighted by atomic mass is 16.5. The van der Waals surface area contributed by atoms with Crippen molar-refractivity contribution >= 4 is 5.69 Å². The van der Waals surface area contributed by atoms with Gasteiger partial charge in [0, 0.05) is 12.8 Å². The van der Waals surface area contributed by atoms with Crippen LogP contribution in [0.4, 0.5) is 5.69 Å². The van der Waals surface area contributed by atoms with E-state index in [0.29, 0.717) is 12.1 Å². The zero-order valence-electron chi connectivity index (χ0n) is 11.7. The van der Waals surface area contributed by atoms with Crippen LogP contribution >= 0.6 is 0 Å². The average Bonchev–Trinajstić information content (AvgIpc) is 3.03. The summed E-state index contributed by atoms with van der Waals surface area (Å²) in [5, 5.41) is 7.71. The molecule has 20 heavy (non-hydrogen) atoms. The summed E-state index contributed by atoms with van der Waals surface area (Å²) in [4.78, 5) is 3.96. The van der Waals surface area contributed by atoms with Crippen LogP contribution in [0.2, 0.25) is 0 Å². The molecule has 0 saturated heterocycles. The summed E-state index contributed by atoms with van der Waals surface area (Å²) in [6.07, 6.45) is 8.41. The van der Waals surface area contributed by atoms with E-state index in [2.05, 4.69) is 27.5 Å². The molecule has 106 valence electrons. The molecule has 0 amide bonds. The number of aromatic nitrogens is 3. The van der Waals surface area contributed by atoms with Crippen molar-refractivity contribution in [3.8, 4) is 5.69 Å². The second-order valence-electron chi connectivity index (χ2n) is 5.20. The standard InChI is InChI=1S/C15H20N4O/c1-20-15-5-3-2-4-14(15)18-12-6-8-13(9-7-12)19-11-16-10-17-19/h6-11,14-15,18H,2-5H2,1H3.